The second-order valence-electron chi connectivity index (χ2n) is 6.42. The lowest BCUT2D eigenvalue weighted by Crippen LogP contribution is -2.47. The predicted molar refractivity (Wildman–Crippen MR) is 90.5 cm³/mol. The molecule has 9 heteroatoms. The fourth-order valence-corrected chi connectivity index (χ4v) is 3.18. The number of hydrogen-bond acceptors (Lipinski definition) is 6. The van der Waals surface area contributed by atoms with Crippen LogP contribution in [0.15, 0.2) is 24.7 Å². The Hall–Kier alpha value is -2.68. The van der Waals surface area contributed by atoms with E-state index in [0.717, 1.165) is 37.6 Å². The highest BCUT2D eigenvalue weighted by Gasteiger charge is 2.31. The molecule has 0 unspecified atom stereocenters. The molecule has 0 spiro atoms. The van der Waals surface area contributed by atoms with Gasteiger partial charge in [0.2, 0.25) is 0 Å². The first kappa shape index (κ1) is 15.8. The number of urea groups is 1. The molecule has 0 aromatic carbocycles. The Bertz CT molecular complexity index is 771. The summed E-state index contributed by atoms with van der Waals surface area (Å²) in [4.78, 5) is 26.2. The van der Waals surface area contributed by atoms with Gasteiger partial charge in [0.25, 0.3) is 0 Å². The van der Waals surface area contributed by atoms with Crippen LogP contribution in [0.25, 0.3) is 0 Å². The third kappa shape index (κ3) is 3.02. The van der Waals surface area contributed by atoms with E-state index in [-0.39, 0.29) is 6.03 Å². The van der Waals surface area contributed by atoms with E-state index in [4.69, 9.17) is 4.74 Å². The SMILES string of the molecule is COc1nccc(CN2CC(n3cc(N4CCN(C)C4=O)cn3)C2)n1. The van der Waals surface area contributed by atoms with Crippen molar-refractivity contribution in [1.29, 1.82) is 0 Å². The molecule has 0 saturated carbocycles. The molecule has 2 saturated heterocycles. The summed E-state index contributed by atoms with van der Waals surface area (Å²) < 4.78 is 7.01. The van der Waals surface area contributed by atoms with E-state index in [1.54, 1.807) is 29.3 Å². The molecule has 132 valence electrons. The van der Waals surface area contributed by atoms with E-state index in [9.17, 15) is 4.79 Å². The number of methoxy groups -OCH3 is 1. The van der Waals surface area contributed by atoms with Crippen molar-refractivity contribution in [3.05, 3.63) is 30.4 Å². The van der Waals surface area contributed by atoms with Crippen LogP contribution in [0.4, 0.5) is 10.5 Å². The van der Waals surface area contributed by atoms with Crippen molar-refractivity contribution >= 4 is 11.7 Å². The summed E-state index contributed by atoms with van der Waals surface area (Å²) in [6.45, 7) is 4.04. The van der Waals surface area contributed by atoms with Crippen LogP contribution in [-0.2, 0) is 6.54 Å². The van der Waals surface area contributed by atoms with Gasteiger partial charge in [-0.1, -0.05) is 0 Å². The summed E-state index contributed by atoms with van der Waals surface area (Å²) in [6.07, 6.45) is 5.45. The van der Waals surface area contributed by atoms with Crippen LogP contribution >= 0.6 is 0 Å². The Balaban J connectivity index is 1.34. The number of rotatable bonds is 5. The lowest BCUT2D eigenvalue weighted by molar-refractivity contribution is 0.0893. The average Bonchev–Trinajstić information content (AvgIpc) is 3.18. The largest absolute Gasteiger partial charge is 0.467 e. The highest BCUT2D eigenvalue weighted by Crippen LogP contribution is 2.26. The number of carbonyl (C=O) groups is 1. The first-order valence-electron chi connectivity index (χ1n) is 8.29. The fourth-order valence-electron chi connectivity index (χ4n) is 3.18. The number of nitrogens with zero attached hydrogens (tertiary/aromatic N) is 7. The normalized spacial score (nSPS) is 18.7. The zero-order chi connectivity index (χ0) is 17.4. The van der Waals surface area contributed by atoms with E-state index < -0.39 is 0 Å². The van der Waals surface area contributed by atoms with Crippen LogP contribution in [0.5, 0.6) is 6.01 Å². The molecule has 0 aliphatic carbocycles. The van der Waals surface area contributed by atoms with Crippen molar-refractivity contribution in [2.75, 3.05) is 45.2 Å². The van der Waals surface area contributed by atoms with Gasteiger partial charge in [0.15, 0.2) is 0 Å². The van der Waals surface area contributed by atoms with Crippen molar-refractivity contribution in [2.45, 2.75) is 12.6 Å². The monoisotopic (exact) mass is 343 g/mol. The van der Waals surface area contributed by atoms with E-state index in [0.29, 0.717) is 18.6 Å². The van der Waals surface area contributed by atoms with Crippen molar-refractivity contribution in [2.24, 2.45) is 0 Å². The zero-order valence-electron chi connectivity index (χ0n) is 14.4. The first-order valence-corrected chi connectivity index (χ1v) is 8.29. The molecule has 4 heterocycles. The molecule has 2 aliphatic heterocycles. The maximum absolute atomic E-state index is 12.1. The van der Waals surface area contributed by atoms with Gasteiger partial charge in [-0.3, -0.25) is 14.5 Å². The van der Waals surface area contributed by atoms with E-state index in [1.165, 1.54) is 0 Å². The van der Waals surface area contributed by atoms with Crippen LogP contribution in [-0.4, -0.2) is 75.9 Å². The third-order valence-corrected chi connectivity index (χ3v) is 4.69. The highest BCUT2D eigenvalue weighted by molar-refractivity contribution is 5.93. The molecule has 2 fully saturated rings. The van der Waals surface area contributed by atoms with Gasteiger partial charge < -0.3 is 9.64 Å². The zero-order valence-corrected chi connectivity index (χ0v) is 14.4. The van der Waals surface area contributed by atoms with Crippen LogP contribution in [0, 0.1) is 0 Å². The smallest absolute Gasteiger partial charge is 0.324 e. The van der Waals surface area contributed by atoms with Gasteiger partial charge in [-0.2, -0.15) is 10.1 Å². The summed E-state index contributed by atoms with van der Waals surface area (Å²) in [6, 6.07) is 2.66. The van der Waals surface area contributed by atoms with Crippen LogP contribution in [0.1, 0.15) is 11.7 Å². The Morgan fingerprint density at radius 1 is 1.32 bits per heavy atom. The van der Waals surface area contributed by atoms with Crippen LogP contribution in [0.3, 0.4) is 0 Å². The maximum atomic E-state index is 12.1. The first-order chi connectivity index (χ1) is 12.1. The Labute approximate surface area is 145 Å². The topological polar surface area (TPSA) is 79.6 Å². The molecule has 25 heavy (non-hydrogen) atoms. The number of anilines is 1. The number of likely N-dealkylation sites (N-methyl/N-ethyl adjacent to an activating group) is 1. The van der Waals surface area contributed by atoms with Crippen molar-refractivity contribution in [3.8, 4) is 6.01 Å². The summed E-state index contributed by atoms with van der Waals surface area (Å²) in [7, 11) is 3.38. The number of hydrogen-bond donors (Lipinski definition) is 0. The Kier molecular flexibility index (Phi) is 4.00. The average molecular weight is 343 g/mol. The molecule has 9 nitrogen and oxygen atoms in total. The second kappa shape index (κ2) is 6.32. The number of aromatic nitrogens is 4. The minimum absolute atomic E-state index is 0.0347. The van der Waals surface area contributed by atoms with Crippen molar-refractivity contribution < 1.29 is 9.53 Å². The molecule has 2 aromatic rings. The number of amides is 2. The van der Waals surface area contributed by atoms with Crippen molar-refractivity contribution in [3.63, 3.8) is 0 Å². The molecular formula is C16H21N7O2. The molecule has 0 atom stereocenters. The van der Waals surface area contributed by atoms with Crippen molar-refractivity contribution in [1.82, 2.24) is 29.5 Å². The molecule has 4 rings (SSSR count). The summed E-state index contributed by atoms with van der Waals surface area (Å²) in [5.74, 6) is 0. The quantitative estimate of drug-likeness (QED) is 0.791. The standard InChI is InChI=1S/C16H21N7O2/c1-20-5-6-22(16(20)24)13-7-18-23(11-13)14-9-21(10-14)8-12-3-4-17-15(19-12)25-2/h3-4,7,11,14H,5-6,8-10H2,1-2H3. The fraction of sp³-hybridized carbons (Fsp3) is 0.500. The molecule has 2 aliphatic rings. The van der Waals surface area contributed by atoms with Gasteiger partial charge >= 0.3 is 12.0 Å². The molecule has 2 amide bonds. The molecule has 0 N–H and O–H groups in total. The Morgan fingerprint density at radius 2 is 2.16 bits per heavy atom. The lowest BCUT2D eigenvalue weighted by Gasteiger charge is -2.38. The summed E-state index contributed by atoms with van der Waals surface area (Å²) in [5.41, 5.74) is 1.81. The third-order valence-electron chi connectivity index (χ3n) is 4.69. The maximum Gasteiger partial charge on any atom is 0.324 e. The Morgan fingerprint density at radius 3 is 2.88 bits per heavy atom. The van der Waals surface area contributed by atoms with Gasteiger partial charge in [-0.05, 0) is 6.07 Å². The number of carbonyl (C=O) groups excluding carboxylic acids is 1. The predicted octanol–water partition coefficient (Wildman–Crippen LogP) is 0.610. The molecule has 0 bridgehead atoms. The van der Waals surface area contributed by atoms with E-state index in [2.05, 4.69) is 20.0 Å². The highest BCUT2D eigenvalue weighted by atomic mass is 16.5. The van der Waals surface area contributed by atoms with Crippen LogP contribution in [0.2, 0.25) is 0 Å². The van der Waals surface area contributed by atoms with E-state index >= 15 is 0 Å². The van der Waals surface area contributed by atoms with Gasteiger partial charge in [-0.25, -0.2) is 9.78 Å². The van der Waals surface area contributed by atoms with Gasteiger partial charge in [0.1, 0.15) is 0 Å². The summed E-state index contributed by atoms with van der Waals surface area (Å²) >= 11 is 0. The van der Waals surface area contributed by atoms with E-state index in [1.807, 2.05) is 24.0 Å². The molecule has 2 aromatic heterocycles. The number of ether oxygens (including phenoxy) is 1. The molecule has 0 radical (unpaired) electrons. The van der Waals surface area contributed by atoms with Gasteiger partial charge in [0, 0.05) is 52.2 Å². The second-order valence-corrected chi connectivity index (χ2v) is 6.42. The minimum Gasteiger partial charge on any atom is -0.467 e. The number of likely N-dealkylation sites (tertiary alicyclic amines) is 1. The van der Waals surface area contributed by atoms with Crippen LogP contribution < -0.4 is 9.64 Å². The molecular weight excluding hydrogens is 322 g/mol. The summed E-state index contributed by atoms with van der Waals surface area (Å²) in [5, 5.41) is 4.44. The lowest BCUT2D eigenvalue weighted by atomic mass is 10.1. The minimum atomic E-state index is 0.0347. The van der Waals surface area contributed by atoms with Gasteiger partial charge in [-0.15, -0.1) is 0 Å². The van der Waals surface area contributed by atoms with Gasteiger partial charge in [0.05, 0.1) is 30.7 Å².